The van der Waals surface area contributed by atoms with E-state index in [9.17, 15) is 19.7 Å². The van der Waals surface area contributed by atoms with Crippen molar-refractivity contribution in [2.45, 2.75) is 109 Å². The Morgan fingerprint density at radius 3 is 1.61 bits per heavy atom. The predicted octanol–water partition coefficient (Wildman–Crippen LogP) is 4.93. The van der Waals surface area contributed by atoms with Crippen LogP contribution in [0.15, 0.2) is 0 Å². The molecule has 0 aromatic rings. The van der Waals surface area contributed by atoms with Crippen molar-refractivity contribution < 1.29 is 28.9 Å². The first kappa shape index (κ1) is 31.0. The number of hydrogen-bond acceptors (Lipinski definition) is 6. The summed E-state index contributed by atoms with van der Waals surface area (Å²) in [5.74, 6) is -1.02. The molecule has 0 bridgehead atoms. The summed E-state index contributed by atoms with van der Waals surface area (Å²) in [6.07, 6.45) is 17.3. The van der Waals surface area contributed by atoms with Crippen molar-refractivity contribution in [3.8, 4) is 0 Å². The Labute approximate surface area is 191 Å². The van der Waals surface area contributed by atoms with E-state index >= 15 is 0 Å². The highest BCUT2D eigenvalue weighted by molar-refractivity contribution is 7.53. The first-order valence-corrected chi connectivity index (χ1v) is 14.0. The summed E-state index contributed by atoms with van der Waals surface area (Å²) in [5.41, 5.74) is 0. The summed E-state index contributed by atoms with van der Waals surface area (Å²) < 4.78 is 23.0. The van der Waals surface area contributed by atoms with Crippen molar-refractivity contribution in [2.75, 3.05) is 40.5 Å². The number of hydrogen-bond donors (Lipinski definition) is 3. The Morgan fingerprint density at radius 2 is 1.23 bits per heavy atom. The second-order valence-electron chi connectivity index (χ2n) is 8.77. The van der Waals surface area contributed by atoms with Crippen molar-refractivity contribution in [1.29, 1.82) is 0 Å². The molecule has 31 heavy (non-hydrogen) atoms. The number of unbranched alkanes of at least 4 members (excludes halogenated alkanes) is 13. The van der Waals surface area contributed by atoms with Crippen molar-refractivity contribution in [3.63, 3.8) is 0 Å². The van der Waals surface area contributed by atoms with Crippen molar-refractivity contribution in [1.82, 2.24) is 4.90 Å². The second kappa shape index (κ2) is 20.6. The van der Waals surface area contributed by atoms with Crippen LogP contribution in [0.4, 0.5) is 0 Å². The molecule has 0 aliphatic rings. The average Bonchev–Trinajstić information content (AvgIpc) is 2.72. The summed E-state index contributed by atoms with van der Waals surface area (Å²) in [5, 5.41) is 18.7. The summed E-state index contributed by atoms with van der Waals surface area (Å²) in [6, 6.07) is 0. The Morgan fingerprint density at radius 1 is 0.774 bits per heavy atom. The van der Waals surface area contributed by atoms with Crippen LogP contribution in [0.1, 0.15) is 96.8 Å². The highest BCUT2D eigenvalue weighted by atomic mass is 31.2. The molecule has 0 heterocycles. The van der Waals surface area contributed by atoms with Crippen molar-refractivity contribution >= 4 is 7.60 Å². The third kappa shape index (κ3) is 17.2. The van der Waals surface area contributed by atoms with Crippen LogP contribution in [0, 0.1) is 0 Å². The van der Waals surface area contributed by atoms with Crippen LogP contribution in [0.25, 0.3) is 0 Å². The van der Waals surface area contributed by atoms with Crippen LogP contribution in [0.3, 0.4) is 0 Å². The smallest absolute Gasteiger partial charge is 0.347 e. The van der Waals surface area contributed by atoms with E-state index in [1.807, 2.05) is 0 Å². The maximum Gasteiger partial charge on any atom is 0.347 e. The van der Waals surface area contributed by atoms with E-state index < -0.39 is 32.7 Å². The zero-order chi connectivity index (χ0) is 23.4. The van der Waals surface area contributed by atoms with Gasteiger partial charge in [0.1, 0.15) is 11.9 Å². The predicted molar refractivity (Wildman–Crippen MR) is 127 cm³/mol. The van der Waals surface area contributed by atoms with Gasteiger partial charge in [-0.05, 0) is 20.5 Å². The minimum absolute atomic E-state index is 0.0606. The Bertz CT molecular complexity index is 438. The van der Waals surface area contributed by atoms with E-state index in [2.05, 4.69) is 6.92 Å². The highest BCUT2D eigenvalue weighted by Gasteiger charge is 2.36. The molecule has 8 heteroatoms. The molecule has 0 fully saturated rings. The van der Waals surface area contributed by atoms with E-state index in [1.54, 1.807) is 14.1 Å². The quantitative estimate of drug-likeness (QED) is 0.145. The van der Waals surface area contributed by atoms with E-state index in [-0.39, 0.29) is 6.61 Å². The Balaban J connectivity index is 3.61. The molecule has 0 saturated heterocycles. The lowest BCUT2D eigenvalue weighted by Crippen LogP contribution is -2.34. The number of nitrogens with zero attached hydrogens (tertiary/aromatic N) is 1. The van der Waals surface area contributed by atoms with E-state index in [4.69, 9.17) is 9.26 Å². The van der Waals surface area contributed by atoms with E-state index in [0.29, 0.717) is 6.61 Å². The van der Waals surface area contributed by atoms with Crippen LogP contribution in [0.5, 0.6) is 0 Å². The summed E-state index contributed by atoms with van der Waals surface area (Å²) in [4.78, 5) is 11.5. The molecule has 0 rings (SSSR count). The third-order valence-electron chi connectivity index (χ3n) is 5.59. The second-order valence-corrected chi connectivity index (χ2v) is 10.7. The fourth-order valence-electron chi connectivity index (χ4n) is 3.57. The fourth-order valence-corrected chi connectivity index (χ4v) is 5.06. The molecule has 2 unspecified atom stereocenters. The standard InChI is InChI=1S/C23H50NO6P/c1-4-5-6-7-8-9-10-11-12-13-14-15-16-17-18-29-21-22(19-25)30-31(27,28)23(20-26)24(2)3/h22-23,25-26H,4-21H2,1-3H3,(H,27,28)/t22-,23?/m0/s1. The molecule has 0 spiro atoms. The van der Waals surface area contributed by atoms with Gasteiger partial charge in [-0.25, -0.2) is 0 Å². The molecule has 0 aromatic heterocycles. The number of ether oxygens (including phenoxy) is 1. The van der Waals surface area contributed by atoms with Gasteiger partial charge in [-0.1, -0.05) is 90.4 Å². The molecule has 7 nitrogen and oxygen atoms in total. The minimum Gasteiger partial charge on any atom is -0.394 e. The van der Waals surface area contributed by atoms with Gasteiger partial charge in [0, 0.05) is 6.61 Å². The number of aliphatic hydroxyl groups is 2. The van der Waals surface area contributed by atoms with Gasteiger partial charge < -0.3 is 19.8 Å². The topological polar surface area (TPSA) is 99.5 Å². The Kier molecular flexibility index (Phi) is 20.6. The molecule has 0 aliphatic carbocycles. The first-order chi connectivity index (χ1) is 14.9. The van der Waals surface area contributed by atoms with E-state index in [0.717, 1.165) is 12.8 Å². The average molecular weight is 468 g/mol. The molecule has 0 radical (unpaired) electrons. The van der Waals surface area contributed by atoms with Crippen molar-refractivity contribution in [3.05, 3.63) is 0 Å². The maximum atomic E-state index is 12.3. The fraction of sp³-hybridized carbons (Fsp3) is 1.00. The lowest BCUT2D eigenvalue weighted by molar-refractivity contribution is 0.00905. The van der Waals surface area contributed by atoms with Gasteiger partial charge in [0.15, 0.2) is 0 Å². The van der Waals surface area contributed by atoms with Gasteiger partial charge in [0.2, 0.25) is 0 Å². The zero-order valence-electron chi connectivity index (χ0n) is 20.3. The van der Waals surface area contributed by atoms with Gasteiger partial charge in [-0.15, -0.1) is 0 Å². The number of aliphatic hydroxyl groups excluding tert-OH is 2. The van der Waals surface area contributed by atoms with Crippen LogP contribution in [-0.4, -0.2) is 72.4 Å². The van der Waals surface area contributed by atoms with Crippen molar-refractivity contribution in [2.24, 2.45) is 0 Å². The van der Waals surface area contributed by atoms with Crippen LogP contribution in [0.2, 0.25) is 0 Å². The molecular weight excluding hydrogens is 417 g/mol. The Hall–Kier alpha value is -0.0100. The summed E-state index contributed by atoms with van der Waals surface area (Å²) in [7, 11) is -0.906. The lowest BCUT2D eigenvalue weighted by Gasteiger charge is -2.28. The molecule has 0 aromatic carbocycles. The molecule has 3 atom stereocenters. The van der Waals surface area contributed by atoms with Gasteiger partial charge >= 0.3 is 7.60 Å². The lowest BCUT2D eigenvalue weighted by atomic mass is 10.0. The number of likely N-dealkylation sites (N-methyl/N-ethyl adjacent to an activating group) is 1. The van der Waals surface area contributed by atoms with Gasteiger partial charge in [0.05, 0.1) is 19.8 Å². The largest absolute Gasteiger partial charge is 0.394 e. The summed E-state index contributed by atoms with van der Waals surface area (Å²) >= 11 is 0. The molecule has 0 aliphatic heterocycles. The first-order valence-electron chi connectivity index (χ1n) is 12.4. The van der Waals surface area contributed by atoms with Gasteiger partial charge in [0.25, 0.3) is 0 Å². The number of rotatable bonds is 23. The molecule has 0 amide bonds. The maximum absolute atomic E-state index is 12.3. The molecule has 188 valence electrons. The third-order valence-corrected chi connectivity index (χ3v) is 7.56. The van der Waals surface area contributed by atoms with Crippen LogP contribution < -0.4 is 0 Å². The molecule has 3 N–H and O–H groups in total. The molecular formula is C23H50NO6P. The van der Waals surface area contributed by atoms with E-state index in [1.165, 1.54) is 81.9 Å². The summed E-state index contributed by atoms with van der Waals surface area (Å²) in [6.45, 7) is 1.96. The van der Waals surface area contributed by atoms with Gasteiger partial charge in [-0.3, -0.25) is 14.0 Å². The van der Waals surface area contributed by atoms with Gasteiger partial charge in [-0.2, -0.15) is 0 Å². The van der Waals surface area contributed by atoms with Crippen LogP contribution in [-0.2, 0) is 13.8 Å². The minimum atomic E-state index is -4.09. The SMILES string of the molecule is CCCCCCCCCCCCCCCCOC[C@H](CO)OP(=O)(O)C(CO)N(C)C. The normalized spacial score (nSPS) is 15.8. The highest BCUT2D eigenvalue weighted by Crippen LogP contribution is 2.49. The zero-order valence-corrected chi connectivity index (χ0v) is 21.2. The molecule has 0 saturated carbocycles. The monoisotopic (exact) mass is 467 g/mol. The van der Waals surface area contributed by atoms with Crippen LogP contribution >= 0.6 is 7.60 Å².